The van der Waals surface area contributed by atoms with E-state index in [1.807, 2.05) is 52.0 Å². The van der Waals surface area contributed by atoms with Crippen LogP contribution >= 0.6 is 23.5 Å². The molecule has 0 radical (unpaired) electrons. The van der Waals surface area contributed by atoms with Gasteiger partial charge in [0.1, 0.15) is 5.75 Å². The minimum atomic E-state index is -3.56. The molecule has 2 rings (SSSR count). The second kappa shape index (κ2) is 9.05. The van der Waals surface area contributed by atoms with Gasteiger partial charge >= 0.3 is 7.60 Å². The molecule has 0 amide bonds. The van der Waals surface area contributed by atoms with E-state index in [-0.39, 0.29) is 18.0 Å². The van der Waals surface area contributed by atoms with E-state index < -0.39 is 13.4 Å². The van der Waals surface area contributed by atoms with Gasteiger partial charge in [-0.05, 0) is 69.7 Å². The number of anilines is 1. The topological polar surface area (TPSA) is 67.8 Å². The number of phenols is 1. The van der Waals surface area contributed by atoms with Crippen LogP contribution in [0.15, 0.2) is 53.0 Å². The molecule has 2 aromatic carbocycles. The van der Waals surface area contributed by atoms with Gasteiger partial charge in [0, 0.05) is 10.2 Å². The minimum Gasteiger partial charge on any atom is -0.508 e. The largest absolute Gasteiger partial charge is 0.508 e. The van der Waals surface area contributed by atoms with Crippen molar-refractivity contribution < 1.29 is 18.7 Å². The van der Waals surface area contributed by atoms with Crippen LogP contribution in [0.5, 0.6) is 5.75 Å². The van der Waals surface area contributed by atoms with E-state index in [1.165, 1.54) is 0 Å². The molecule has 7 heteroatoms. The van der Waals surface area contributed by atoms with Crippen LogP contribution < -0.4 is 5.32 Å². The van der Waals surface area contributed by atoms with Crippen molar-refractivity contribution in [2.75, 3.05) is 5.32 Å². The molecule has 0 fully saturated rings. The Bertz CT molecular complexity index is 733. The molecule has 0 bridgehead atoms. The maximum absolute atomic E-state index is 13.7. The first-order chi connectivity index (χ1) is 12.2. The molecule has 0 heterocycles. The van der Waals surface area contributed by atoms with Crippen LogP contribution in [-0.2, 0) is 13.6 Å². The lowest BCUT2D eigenvalue weighted by Crippen LogP contribution is -2.19. The summed E-state index contributed by atoms with van der Waals surface area (Å²) in [7, 11) is -3.56. The zero-order chi connectivity index (χ0) is 19.3. The molecule has 2 aromatic rings. The number of aromatic hydroxyl groups is 1. The van der Waals surface area contributed by atoms with Crippen LogP contribution in [0.4, 0.5) is 5.69 Å². The minimum absolute atomic E-state index is 0.139. The second-order valence-corrected chi connectivity index (χ2v) is 9.43. The molecule has 0 aliphatic carbocycles. The summed E-state index contributed by atoms with van der Waals surface area (Å²) in [4.78, 5) is 0. The number of phenolic OH excluding ortho intramolecular Hbond substituents is 1. The van der Waals surface area contributed by atoms with Crippen molar-refractivity contribution >= 4 is 29.2 Å². The summed E-state index contributed by atoms with van der Waals surface area (Å²) >= 11 is 3.41. The average molecular weight is 442 g/mol. The van der Waals surface area contributed by atoms with Gasteiger partial charge in [-0.3, -0.25) is 4.57 Å². The van der Waals surface area contributed by atoms with Crippen molar-refractivity contribution in [1.82, 2.24) is 0 Å². The van der Waals surface area contributed by atoms with Crippen LogP contribution in [0.1, 0.15) is 39.0 Å². The SMILES string of the molecule is CC(C)OP(=O)(OC(C)C)[C@@H](Nc1ccc(Br)cc1)c1ccc(O)cc1. The Labute approximate surface area is 163 Å². The number of rotatable bonds is 8. The van der Waals surface area contributed by atoms with Crippen molar-refractivity contribution in [2.45, 2.75) is 45.7 Å². The summed E-state index contributed by atoms with van der Waals surface area (Å²) < 4.78 is 26.2. The van der Waals surface area contributed by atoms with Crippen molar-refractivity contribution in [1.29, 1.82) is 0 Å². The van der Waals surface area contributed by atoms with Crippen molar-refractivity contribution in [3.05, 3.63) is 58.6 Å². The molecule has 2 N–H and O–H groups in total. The molecular formula is C19H25BrNO4P. The normalized spacial score (nSPS) is 13.2. The third-order valence-electron chi connectivity index (χ3n) is 3.39. The van der Waals surface area contributed by atoms with Crippen molar-refractivity contribution in [3.8, 4) is 5.75 Å². The quantitative estimate of drug-likeness (QED) is 0.469. The molecule has 0 aromatic heterocycles. The maximum atomic E-state index is 13.7. The van der Waals surface area contributed by atoms with E-state index in [2.05, 4.69) is 21.2 Å². The molecule has 0 saturated heterocycles. The summed E-state index contributed by atoms with van der Waals surface area (Å²) in [6.07, 6.45) is -0.545. The van der Waals surface area contributed by atoms with Gasteiger partial charge in [-0.2, -0.15) is 0 Å². The van der Waals surface area contributed by atoms with Gasteiger partial charge in [0.15, 0.2) is 5.78 Å². The number of benzene rings is 2. The second-order valence-electron chi connectivity index (χ2n) is 6.49. The summed E-state index contributed by atoms with van der Waals surface area (Å²) in [6.45, 7) is 7.29. The monoisotopic (exact) mass is 441 g/mol. The van der Waals surface area contributed by atoms with Crippen molar-refractivity contribution in [3.63, 3.8) is 0 Å². The van der Waals surface area contributed by atoms with Gasteiger partial charge in [0.25, 0.3) is 0 Å². The highest BCUT2D eigenvalue weighted by Crippen LogP contribution is 2.62. The third kappa shape index (κ3) is 5.85. The smallest absolute Gasteiger partial charge is 0.357 e. The maximum Gasteiger partial charge on any atom is 0.357 e. The van der Waals surface area contributed by atoms with E-state index in [1.54, 1.807) is 24.3 Å². The molecule has 0 aliphatic heterocycles. The summed E-state index contributed by atoms with van der Waals surface area (Å²) in [5.41, 5.74) is 1.49. The Kier molecular flexibility index (Phi) is 7.30. The van der Waals surface area contributed by atoms with Crippen LogP contribution in [0, 0.1) is 0 Å². The lowest BCUT2D eigenvalue weighted by atomic mass is 10.2. The fourth-order valence-corrected chi connectivity index (χ4v) is 5.02. The first-order valence-corrected chi connectivity index (χ1v) is 10.9. The van der Waals surface area contributed by atoms with Gasteiger partial charge in [-0.15, -0.1) is 0 Å². The van der Waals surface area contributed by atoms with E-state index in [9.17, 15) is 9.67 Å². The zero-order valence-electron chi connectivity index (χ0n) is 15.3. The molecule has 0 aliphatic rings. The van der Waals surface area contributed by atoms with Gasteiger partial charge < -0.3 is 19.5 Å². The van der Waals surface area contributed by atoms with Gasteiger partial charge in [-0.1, -0.05) is 28.1 Å². The Morgan fingerprint density at radius 3 is 1.88 bits per heavy atom. The fraction of sp³-hybridized carbons (Fsp3) is 0.368. The number of hydrogen-bond acceptors (Lipinski definition) is 5. The highest BCUT2D eigenvalue weighted by Gasteiger charge is 2.39. The lowest BCUT2D eigenvalue weighted by molar-refractivity contribution is 0.138. The standard InChI is InChI=1S/C19H25BrNO4P/c1-13(2)24-26(23,25-14(3)4)19(15-5-11-18(22)12-6-15)21-17-9-7-16(20)8-10-17/h5-14,19,21-22H,1-4H3/t19-/m1/s1. The van der Waals surface area contributed by atoms with Gasteiger partial charge in [-0.25, -0.2) is 0 Å². The number of nitrogens with one attached hydrogen (secondary N) is 1. The molecule has 5 nitrogen and oxygen atoms in total. The molecule has 0 spiro atoms. The number of hydrogen-bond donors (Lipinski definition) is 2. The highest BCUT2D eigenvalue weighted by atomic mass is 79.9. The van der Waals surface area contributed by atoms with Crippen LogP contribution in [0.3, 0.4) is 0 Å². The zero-order valence-corrected chi connectivity index (χ0v) is 17.8. The average Bonchev–Trinajstić information content (AvgIpc) is 2.53. The molecule has 26 heavy (non-hydrogen) atoms. The highest BCUT2D eigenvalue weighted by molar-refractivity contribution is 9.10. The summed E-state index contributed by atoms with van der Waals surface area (Å²) in [6, 6.07) is 14.1. The molecule has 142 valence electrons. The number of halogens is 1. The van der Waals surface area contributed by atoms with E-state index in [0.717, 1.165) is 10.2 Å². The first kappa shape index (κ1) is 21.0. The van der Waals surface area contributed by atoms with Crippen molar-refractivity contribution in [2.24, 2.45) is 0 Å². The van der Waals surface area contributed by atoms with Crippen LogP contribution in [-0.4, -0.2) is 17.3 Å². The third-order valence-corrected chi connectivity index (χ3v) is 6.41. The predicted octanol–water partition coefficient (Wildman–Crippen LogP) is 6.31. The Morgan fingerprint density at radius 1 is 0.923 bits per heavy atom. The Hall–Kier alpha value is -1.33. The van der Waals surface area contributed by atoms with E-state index >= 15 is 0 Å². The van der Waals surface area contributed by atoms with E-state index in [4.69, 9.17) is 9.05 Å². The predicted molar refractivity (Wildman–Crippen MR) is 109 cm³/mol. The summed E-state index contributed by atoms with van der Waals surface area (Å²) in [5, 5.41) is 12.9. The molecule has 0 unspecified atom stereocenters. The lowest BCUT2D eigenvalue weighted by Gasteiger charge is -2.31. The van der Waals surface area contributed by atoms with Gasteiger partial charge in [0.05, 0.1) is 12.2 Å². The Morgan fingerprint density at radius 2 is 1.42 bits per heavy atom. The molecule has 0 saturated carbocycles. The van der Waals surface area contributed by atoms with Gasteiger partial charge in [0.2, 0.25) is 0 Å². The molecular weight excluding hydrogens is 417 g/mol. The van der Waals surface area contributed by atoms with Crippen LogP contribution in [0.25, 0.3) is 0 Å². The van der Waals surface area contributed by atoms with Crippen LogP contribution in [0.2, 0.25) is 0 Å². The molecule has 1 atom stereocenters. The fourth-order valence-electron chi connectivity index (χ4n) is 2.44. The summed E-state index contributed by atoms with van der Waals surface area (Å²) in [5.74, 6) is -0.574. The van der Waals surface area contributed by atoms with E-state index in [0.29, 0.717) is 5.56 Å². The Balaban J connectivity index is 2.47. The first-order valence-electron chi connectivity index (χ1n) is 8.47.